The number of imidazole rings is 1. The van der Waals surface area contributed by atoms with Crippen LogP contribution in [0.2, 0.25) is 0 Å². The summed E-state index contributed by atoms with van der Waals surface area (Å²) in [5.74, 6) is 7.38. The van der Waals surface area contributed by atoms with Gasteiger partial charge in [-0.2, -0.15) is 0 Å². The molecule has 2 aromatic rings. The zero-order valence-corrected chi connectivity index (χ0v) is 12.4. The number of hydrogen-bond donors (Lipinski definition) is 2. The third-order valence-electron chi connectivity index (χ3n) is 2.58. The minimum atomic E-state index is 0.0361. The number of hydrogen-bond acceptors (Lipinski definition) is 4. The van der Waals surface area contributed by atoms with Crippen molar-refractivity contribution in [2.75, 3.05) is 5.75 Å². The number of nitrogens with two attached hydrogens (primary N) is 1. The fourth-order valence-electron chi connectivity index (χ4n) is 1.65. The van der Waals surface area contributed by atoms with Crippen LogP contribution < -0.4 is 11.3 Å². The van der Waals surface area contributed by atoms with Crippen LogP contribution in [0.15, 0.2) is 46.0 Å². The summed E-state index contributed by atoms with van der Waals surface area (Å²) >= 11 is 5.21. The van der Waals surface area contributed by atoms with E-state index in [-0.39, 0.29) is 6.04 Å². The van der Waals surface area contributed by atoms with Crippen LogP contribution in [0.5, 0.6) is 0 Å². The average molecular weight is 327 g/mol. The highest BCUT2D eigenvalue weighted by molar-refractivity contribution is 9.10. The van der Waals surface area contributed by atoms with E-state index >= 15 is 0 Å². The number of aromatic nitrogens is 2. The molecule has 6 heteroatoms. The highest BCUT2D eigenvalue weighted by Gasteiger charge is 2.14. The maximum absolute atomic E-state index is 5.60. The standard InChI is InChI=1S/C12H15BrN4S/c1-17-6-5-15-12(17)11(16-14)8-18-10-4-2-3-9(13)7-10/h2-7,11,16H,8,14H2,1H3. The monoisotopic (exact) mass is 326 g/mol. The average Bonchev–Trinajstić information content (AvgIpc) is 2.77. The van der Waals surface area contributed by atoms with Crippen molar-refractivity contribution in [3.05, 3.63) is 47.0 Å². The molecule has 1 aromatic carbocycles. The van der Waals surface area contributed by atoms with Crippen molar-refractivity contribution in [2.45, 2.75) is 10.9 Å². The number of rotatable bonds is 5. The van der Waals surface area contributed by atoms with Crippen molar-refractivity contribution < 1.29 is 0 Å². The van der Waals surface area contributed by atoms with Gasteiger partial charge in [-0.15, -0.1) is 11.8 Å². The maximum atomic E-state index is 5.60. The molecular weight excluding hydrogens is 312 g/mol. The molecule has 0 fully saturated rings. The first kappa shape index (κ1) is 13.6. The van der Waals surface area contributed by atoms with Crippen molar-refractivity contribution in [2.24, 2.45) is 12.9 Å². The topological polar surface area (TPSA) is 55.9 Å². The summed E-state index contributed by atoms with van der Waals surface area (Å²) in [4.78, 5) is 5.52. The van der Waals surface area contributed by atoms with E-state index in [0.717, 1.165) is 16.0 Å². The molecule has 1 atom stereocenters. The summed E-state index contributed by atoms with van der Waals surface area (Å²) in [7, 11) is 1.97. The van der Waals surface area contributed by atoms with Gasteiger partial charge in [0.1, 0.15) is 5.82 Å². The Hall–Kier alpha value is -0.820. The molecular formula is C12H15BrN4S. The molecule has 0 aliphatic rings. The molecule has 4 nitrogen and oxygen atoms in total. The largest absolute Gasteiger partial charge is 0.337 e. The Morgan fingerprint density at radius 3 is 3.00 bits per heavy atom. The van der Waals surface area contributed by atoms with Gasteiger partial charge in [0, 0.05) is 34.6 Å². The van der Waals surface area contributed by atoms with Crippen LogP contribution >= 0.6 is 27.7 Å². The third kappa shape index (κ3) is 3.35. The number of nitrogens with zero attached hydrogens (tertiary/aromatic N) is 2. The maximum Gasteiger partial charge on any atom is 0.127 e. The van der Waals surface area contributed by atoms with E-state index in [2.05, 4.69) is 38.5 Å². The first-order chi connectivity index (χ1) is 8.70. The Kier molecular flexibility index (Phi) is 4.82. The van der Waals surface area contributed by atoms with Gasteiger partial charge in [-0.1, -0.05) is 22.0 Å². The van der Waals surface area contributed by atoms with Crippen LogP contribution in [0.1, 0.15) is 11.9 Å². The van der Waals surface area contributed by atoms with E-state index in [1.807, 2.05) is 29.9 Å². The van der Waals surface area contributed by atoms with E-state index < -0.39 is 0 Å². The molecule has 0 aliphatic carbocycles. The van der Waals surface area contributed by atoms with Crippen LogP contribution in [0.4, 0.5) is 0 Å². The van der Waals surface area contributed by atoms with Crippen LogP contribution in [-0.2, 0) is 7.05 Å². The predicted octanol–water partition coefficient (Wildman–Crippen LogP) is 2.48. The molecule has 0 aliphatic heterocycles. The van der Waals surface area contributed by atoms with Crippen molar-refractivity contribution in [1.82, 2.24) is 15.0 Å². The number of thioether (sulfide) groups is 1. The smallest absolute Gasteiger partial charge is 0.127 e. The summed E-state index contributed by atoms with van der Waals surface area (Å²) in [6, 6.07) is 8.26. The first-order valence-electron chi connectivity index (χ1n) is 5.52. The minimum Gasteiger partial charge on any atom is -0.337 e. The van der Waals surface area contributed by atoms with Crippen molar-refractivity contribution >= 4 is 27.7 Å². The molecule has 1 aromatic heterocycles. The second kappa shape index (κ2) is 6.38. The summed E-state index contributed by atoms with van der Waals surface area (Å²) in [6.45, 7) is 0. The summed E-state index contributed by atoms with van der Waals surface area (Å²) in [5.41, 5.74) is 2.81. The van der Waals surface area contributed by atoms with Gasteiger partial charge in [0.2, 0.25) is 0 Å². The van der Waals surface area contributed by atoms with Crippen molar-refractivity contribution in [1.29, 1.82) is 0 Å². The normalized spacial score (nSPS) is 12.6. The summed E-state index contributed by atoms with van der Waals surface area (Å²) in [5, 5.41) is 0. The molecule has 0 radical (unpaired) electrons. The van der Waals surface area contributed by atoms with Gasteiger partial charge in [-0.3, -0.25) is 5.84 Å². The van der Waals surface area contributed by atoms with Crippen LogP contribution in [-0.4, -0.2) is 15.3 Å². The quantitative estimate of drug-likeness (QED) is 0.503. The zero-order valence-electron chi connectivity index (χ0n) is 10.0. The lowest BCUT2D eigenvalue weighted by Gasteiger charge is -2.15. The fraction of sp³-hybridized carbons (Fsp3) is 0.250. The van der Waals surface area contributed by atoms with E-state index in [1.54, 1.807) is 18.0 Å². The van der Waals surface area contributed by atoms with Crippen molar-refractivity contribution in [3.8, 4) is 0 Å². The molecule has 0 saturated heterocycles. The van der Waals surface area contributed by atoms with Crippen molar-refractivity contribution in [3.63, 3.8) is 0 Å². The van der Waals surface area contributed by atoms with E-state index in [4.69, 9.17) is 5.84 Å². The van der Waals surface area contributed by atoms with E-state index in [9.17, 15) is 0 Å². The predicted molar refractivity (Wildman–Crippen MR) is 78.1 cm³/mol. The molecule has 0 saturated carbocycles. The molecule has 1 heterocycles. The number of aryl methyl sites for hydroxylation is 1. The molecule has 96 valence electrons. The van der Waals surface area contributed by atoms with Gasteiger partial charge in [0.05, 0.1) is 6.04 Å². The van der Waals surface area contributed by atoms with Gasteiger partial charge >= 0.3 is 0 Å². The highest BCUT2D eigenvalue weighted by atomic mass is 79.9. The summed E-state index contributed by atoms with van der Waals surface area (Å²) in [6.07, 6.45) is 3.70. The molecule has 0 bridgehead atoms. The highest BCUT2D eigenvalue weighted by Crippen LogP contribution is 2.25. The molecule has 1 unspecified atom stereocenters. The Labute approximate surface area is 119 Å². The fourth-order valence-corrected chi connectivity index (χ4v) is 3.19. The molecule has 2 rings (SSSR count). The molecule has 18 heavy (non-hydrogen) atoms. The SMILES string of the molecule is Cn1ccnc1C(CSc1cccc(Br)c1)NN. The van der Waals surface area contributed by atoms with Crippen LogP contribution in [0, 0.1) is 0 Å². The zero-order chi connectivity index (χ0) is 13.0. The van der Waals surface area contributed by atoms with E-state index in [0.29, 0.717) is 0 Å². The lowest BCUT2D eigenvalue weighted by Crippen LogP contribution is -2.31. The second-order valence-electron chi connectivity index (χ2n) is 3.88. The van der Waals surface area contributed by atoms with Gasteiger partial charge in [0.15, 0.2) is 0 Å². The number of nitrogens with one attached hydrogen (secondary N) is 1. The number of halogens is 1. The molecule has 0 amide bonds. The van der Waals surface area contributed by atoms with E-state index in [1.165, 1.54) is 4.90 Å². The Morgan fingerprint density at radius 2 is 2.39 bits per heavy atom. The van der Waals surface area contributed by atoms with Gasteiger partial charge in [-0.05, 0) is 18.2 Å². The molecule has 0 spiro atoms. The van der Waals surface area contributed by atoms with Gasteiger partial charge in [0.25, 0.3) is 0 Å². The lowest BCUT2D eigenvalue weighted by atomic mass is 10.3. The number of hydrazine groups is 1. The Balaban J connectivity index is 2.02. The van der Waals surface area contributed by atoms with Gasteiger partial charge < -0.3 is 4.57 Å². The molecule has 3 N–H and O–H groups in total. The third-order valence-corrected chi connectivity index (χ3v) is 4.16. The Bertz CT molecular complexity index is 514. The Morgan fingerprint density at radius 1 is 1.56 bits per heavy atom. The lowest BCUT2D eigenvalue weighted by molar-refractivity contribution is 0.557. The van der Waals surface area contributed by atoms with Crippen LogP contribution in [0.25, 0.3) is 0 Å². The van der Waals surface area contributed by atoms with Gasteiger partial charge in [-0.25, -0.2) is 10.4 Å². The van der Waals surface area contributed by atoms with Crippen LogP contribution in [0.3, 0.4) is 0 Å². The summed E-state index contributed by atoms with van der Waals surface area (Å²) < 4.78 is 3.06. The number of benzene rings is 1. The first-order valence-corrected chi connectivity index (χ1v) is 7.30. The second-order valence-corrected chi connectivity index (χ2v) is 5.89. The minimum absolute atomic E-state index is 0.0361.